The molecule has 0 aromatic heterocycles. The Kier molecular flexibility index (Phi) is 2.98. The monoisotopic (exact) mass is 230 g/mol. The summed E-state index contributed by atoms with van der Waals surface area (Å²) in [4.78, 5) is 0. The van der Waals surface area contributed by atoms with E-state index in [-0.39, 0.29) is 11.5 Å². The van der Waals surface area contributed by atoms with Gasteiger partial charge in [-0.05, 0) is 23.8 Å². The van der Waals surface area contributed by atoms with Gasteiger partial charge in [0.05, 0.1) is 6.10 Å². The summed E-state index contributed by atoms with van der Waals surface area (Å²) in [6, 6.07) is 2.21. The lowest BCUT2D eigenvalue weighted by Gasteiger charge is -2.17. The first-order valence-corrected chi connectivity index (χ1v) is 5.99. The van der Waals surface area contributed by atoms with E-state index in [1.807, 2.05) is 6.92 Å². The predicted octanol–water partition coefficient (Wildman–Crippen LogP) is 2.88. The van der Waals surface area contributed by atoms with E-state index < -0.39 is 17.7 Å². The number of hydrogen-bond donors (Lipinski definition) is 1. The Bertz CT molecular complexity index is 381. The first kappa shape index (κ1) is 10.9. The quantitative estimate of drug-likeness (QED) is 0.739. The molecule has 1 nitrogen and oxygen atoms in total. The minimum absolute atomic E-state index is 0.0486. The van der Waals surface area contributed by atoms with Crippen LogP contribution in [0.1, 0.15) is 24.2 Å². The van der Waals surface area contributed by atoms with Crippen LogP contribution in [0.4, 0.5) is 8.78 Å². The van der Waals surface area contributed by atoms with Crippen molar-refractivity contribution in [2.24, 2.45) is 5.92 Å². The molecule has 1 aliphatic heterocycles. The molecule has 0 radical (unpaired) electrons. The average molecular weight is 230 g/mol. The van der Waals surface area contributed by atoms with Crippen molar-refractivity contribution in [2.75, 3.05) is 5.75 Å². The molecule has 1 heterocycles. The Morgan fingerprint density at radius 3 is 2.73 bits per heavy atom. The lowest BCUT2D eigenvalue weighted by atomic mass is 9.94. The second-order valence-corrected chi connectivity index (χ2v) is 4.89. The van der Waals surface area contributed by atoms with Crippen LogP contribution in [0.25, 0.3) is 0 Å². The van der Waals surface area contributed by atoms with Crippen LogP contribution in [0.5, 0.6) is 0 Å². The van der Waals surface area contributed by atoms with Gasteiger partial charge in [-0.2, -0.15) is 11.8 Å². The van der Waals surface area contributed by atoms with Crippen molar-refractivity contribution in [3.8, 4) is 0 Å². The molecular formula is C11H12F2OS. The first-order valence-electron chi connectivity index (χ1n) is 4.84. The molecule has 2 rings (SSSR count). The van der Waals surface area contributed by atoms with Gasteiger partial charge in [-0.3, -0.25) is 0 Å². The normalized spacial score (nSPS) is 25.9. The number of thioether (sulfide) groups is 1. The van der Waals surface area contributed by atoms with Crippen molar-refractivity contribution >= 4 is 11.8 Å². The fraction of sp³-hybridized carbons (Fsp3) is 0.455. The van der Waals surface area contributed by atoms with Crippen LogP contribution in [-0.2, 0) is 5.75 Å². The zero-order valence-corrected chi connectivity index (χ0v) is 9.15. The maximum absolute atomic E-state index is 13.5. The fourth-order valence-electron chi connectivity index (χ4n) is 1.80. The maximum atomic E-state index is 13.5. The number of fused-ring (bicyclic) bond motifs is 1. The van der Waals surface area contributed by atoms with Gasteiger partial charge >= 0.3 is 0 Å². The summed E-state index contributed by atoms with van der Waals surface area (Å²) in [5.41, 5.74) is 0.462. The van der Waals surface area contributed by atoms with E-state index in [4.69, 9.17) is 0 Å². The van der Waals surface area contributed by atoms with Gasteiger partial charge in [0.2, 0.25) is 0 Å². The van der Waals surface area contributed by atoms with Gasteiger partial charge < -0.3 is 5.11 Å². The Labute approximate surface area is 91.5 Å². The summed E-state index contributed by atoms with van der Waals surface area (Å²) < 4.78 is 27.0. The van der Waals surface area contributed by atoms with E-state index >= 15 is 0 Å². The van der Waals surface area contributed by atoms with Crippen molar-refractivity contribution < 1.29 is 13.9 Å². The molecule has 0 aliphatic carbocycles. The molecule has 2 unspecified atom stereocenters. The van der Waals surface area contributed by atoms with Crippen molar-refractivity contribution in [1.29, 1.82) is 0 Å². The summed E-state index contributed by atoms with van der Waals surface area (Å²) in [6.07, 6.45) is -0.898. The second-order valence-electron chi connectivity index (χ2n) is 3.86. The average Bonchev–Trinajstić information content (AvgIpc) is 2.35. The zero-order valence-electron chi connectivity index (χ0n) is 8.34. The molecule has 4 heteroatoms. The van der Waals surface area contributed by atoms with E-state index in [2.05, 4.69) is 0 Å². The highest BCUT2D eigenvalue weighted by molar-refractivity contribution is 7.98. The first-order chi connectivity index (χ1) is 7.11. The van der Waals surface area contributed by atoms with Crippen molar-refractivity contribution in [3.63, 3.8) is 0 Å². The molecule has 0 spiro atoms. The zero-order chi connectivity index (χ0) is 11.0. The predicted molar refractivity (Wildman–Crippen MR) is 56.6 cm³/mol. The van der Waals surface area contributed by atoms with Gasteiger partial charge in [-0.1, -0.05) is 6.92 Å². The fourth-order valence-corrected chi connectivity index (χ4v) is 2.97. The molecule has 0 bridgehead atoms. The van der Waals surface area contributed by atoms with E-state index in [9.17, 15) is 13.9 Å². The van der Waals surface area contributed by atoms with Gasteiger partial charge in [0, 0.05) is 16.9 Å². The number of halogens is 2. The number of aliphatic hydroxyl groups excluding tert-OH is 1. The van der Waals surface area contributed by atoms with E-state index in [0.717, 1.165) is 12.1 Å². The lowest BCUT2D eigenvalue weighted by molar-refractivity contribution is 0.124. The van der Waals surface area contributed by atoms with Crippen LogP contribution in [0.15, 0.2) is 12.1 Å². The van der Waals surface area contributed by atoms with E-state index in [0.29, 0.717) is 17.1 Å². The third kappa shape index (κ3) is 1.88. The molecule has 82 valence electrons. The number of benzene rings is 1. The Hall–Kier alpha value is -0.610. The molecule has 1 N–H and O–H groups in total. The van der Waals surface area contributed by atoms with Crippen molar-refractivity contribution in [2.45, 2.75) is 18.8 Å². The Morgan fingerprint density at radius 2 is 2.00 bits per heavy atom. The molecule has 1 aliphatic rings. The number of rotatable bonds is 0. The summed E-state index contributed by atoms with van der Waals surface area (Å²) >= 11 is 1.53. The van der Waals surface area contributed by atoms with Crippen molar-refractivity contribution in [1.82, 2.24) is 0 Å². The highest BCUT2D eigenvalue weighted by Gasteiger charge is 2.27. The molecular weight excluding hydrogens is 218 g/mol. The van der Waals surface area contributed by atoms with Crippen molar-refractivity contribution in [3.05, 3.63) is 34.9 Å². The summed E-state index contributed by atoms with van der Waals surface area (Å²) in [5.74, 6) is 0.169. The lowest BCUT2D eigenvalue weighted by Crippen LogP contribution is -2.13. The molecule has 1 aromatic carbocycles. The smallest absolute Gasteiger partial charge is 0.129 e. The van der Waals surface area contributed by atoms with Gasteiger partial charge in [0.25, 0.3) is 0 Å². The highest BCUT2D eigenvalue weighted by Crippen LogP contribution is 2.36. The highest BCUT2D eigenvalue weighted by atomic mass is 32.2. The minimum atomic E-state index is -0.898. The van der Waals surface area contributed by atoms with Gasteiger partial charge in [0.15, 0.2) is 0 Å². The molecule has 1 aromatic rings. The summed E-state index contributed by atoms with van der Waals surface area (Å²) in [6.45, 7) is 1.84. The second kappa shape index (κ2) is 4.10. The molecule has 0 fully saturated rings. The Morgan fingerprint density at radius 1 is 1.33 bits per heavy atom. The van der Waals surface area contributed by atoms with Gasteiger partial charge in [-0.15, -0.1) is 0 Å². The van der Waals surface area contributed by atoms with Gasteiger partial charge in [-0.25, -0.2) is 8.78 Å². The van der Waals surface area contributed by atoms with Crippen LogP contribution in [-0.4, -0.2) is 10.9 Å². The third-order valence-electron chi connectivity index (χ3n) is 2.71. The number of hydrogen-bond acceptors (Lipinski definition) is 2. The molecule has 0 saturated heterocycles. The number of aliphatic hydroxyl groups is 1. The largest absolute Gasteiger partial charge is 0.388 e. The standard InChI is InChI=1S/C11H12F2OS/c1-6-4-15-5-7-8(12)2-3-9(13)10(7)11(6)14/h2-3,6,11,14H,4-5H2,1H3. The van der Waals surface area contributed by atoms with Crippen LogP contribution in [0, 0.1) is 17.6 Å². The third-order valence-corrected chi connectivity index (χ3v) is 3.96. The molecule has 0 amide bonds. The SMILES string of the molecule is CC1CSCc2c(F)ccc(F)c2C1O. The molecule has 0 saturated carbocycles. The van der Waals surface area contributed by atoms with Crippen LogP contribution < -0.4 is 0 Å². The minimum Gasteiger partial charge on any atom is -0.388 e. The van der Waals surface area contributed by atoms with Crippen LogP contribution in [0.3, 0.4) is 0 Å². The van der Waals surface area contributed by atoms with Gasteiger partial charge in [0.1, 0.15) is 11.6 Å². The molecule has 2 atom stereocenters. The van der Waals surface area contributed by atoms with E-state index in [1.165, 1.54) is 11.8 Å². The van der Waals surface area contributed by atoms with E-state index in [1.54, 1.807) is 0 Å². The topological polar surface area (TPSA) is 20.2 Å². The Balaban J connectivity index is 2.57. The summed E-state index contributed by atoms with van der Waals surface area (Å²) in [7, 11) is 0. The molecule has 15 heavy (non-hydrogen) atoms. The van der Waals surface area contributed by atoms with Crippen LogP contribution in [0.2, 0.25) is 0 Å². The van der Waals surface area contributed by atoms with Crippen LogP contribution >= 0.6 is 11.8 Å². The summed E-state index contributed by atoms with van der Waals surface area (Å²) in [5, 5.41) is 9.90. The maximum Gasteiger partial charge on any atom is 0.129 e.